The maximum Gasteiger partial charge on any atom is 0.227 e. The fourth-order valence-electron chi connectivity index (χ4n) is 1.62. The minimum Gasteiger partial charge on any atom is -0.399 e. The molecule has 0 saturated carbocycles. The van der Waals surface area contributed by atoms with Crippen molar-refractivity contribution < 1.29 is 9.53 Å². The van der Waals surface area contributed by atoms with Crippen LogP contribution in [0.2, 0.25) is 0 Å². The molecule has 2 aromatic rings. The third-order valence-corrected chi connectivity index (χ3v) is 4.74. The molecule has 0 radical (unpaired) electrons. The number of benzene rings is 1. The molecule has 20 heavy (non-hydrogen) atoms. The fourth-order valence-corrected chi connectivity index (χ4v) is 3.48. The first-order chi connectivity index (χ1) is 9.65. The van der Waals surface area contributed by atoms with Crippen molar-refractivity contribution in [3.05, 3.63) is 18.2 Å². The van der Waals surface area contributed by atoms with Crippen molar-refractivity contribution in [3.63, 3.8) is 0 Å². The summed E-state index contributed by atoms with van der Waals surface area (Å²) in [6.45, 7) is 2.00. The van der Waals surface area contributed by atoms with Crippen molar-refractivity contribution in [2.75, 3.05) is 24.7 Å². The first-order valence-corrected chi connectivity index (χ1v) is 8.10. The number of aromatic nitrogens is 1. The van der Waals surface area contributed by atoms with E-state index < -0.39 is 0 Å². The normalized spacial score (nSPS) is 14.0. The Balaban J connectivity index is 0.000000247. The molecule has 1 saturated heterocycles. The van der Waals surface area contributed by atoms with E-state index in [9.17, 15) is 4.79 Å². The summed E-state index contributed by atoms with van der Waals surface area (Å²) < 4.78 is 6.82. The lowest BCUT2D eigenvalue weighted by molar-refractivity contribution is -0.115. The van der Waals surface area contributed by atoms with Crippen molar-refractivity contribution >= 4 is 44.9 Å². The molecule has 4 N–H and O–H groups in total. The van der Waals surface area contributed by atoms with Crippen LogP contribution in [-0.2, 0) is 9.53 Å². The third kappa shape index (κ3) is 4.66. The highest BCUT2D eigenvalue weighted by atomic mass is 32.2. The lowest BCUT2D eigenvalue weighted by Gasteiger charge is -1.89. The number of thioether (sulfide) groups is 1. The predicted molar refractivity (Wildman–Crippen MR) is 84.0 cm³/mol. The van der Waals surface area contributed by atoms with E-state index in [2.05, 4.69) is 4.98 Å². The highest BCUT2D eigenvalue weighted by Gasteiger charge is 2.05. The largest absolute Gasteiger partial charge is 0.399 e. The fraction of sp³-hybridized carbons (Fsp3) is 0.385. The second-order valence-electron chi connectivity index (χ2n) is 4.28. The van der Waals surface area contributed by atoms with Crippen LogP contribution in [0.25, 0.3) is 10.2 Å². The zero-order valence-corrected chi connectivity index (χ0v) is 12.6. The Hall–Kier alpha value is -1.31. The Morgan fingerprint density at radius 1 is 1.40 bits per heavy atom. The van der Waals surface area contributed by atoms with Crippen LogP contribution in [0.15, 0.2) is 22.5 Å². The molecule has 108 valence electrons. The second-order valence-corrected chi connectivity index (χ2v) is 6.53. The molecule has 3 rings (SSSR count). The summed E-state index contributed by atoms with van der Waals surface area (Å²) in [5, 5.41) is 0. The average Bonchev–Trinajstić information content (AvgIpc) is 3.08. The van der Waals surface area contributed by atoms with Gasteiger partial charge in [0, 0.05) is 18.9 Å². The number of carbonyl (C=O) groups excluding carboxylic acids is 1. The number of nitrogens with zero attached hydrogens (tertiary/aromatic N) is 1. The number of hydrogen-bond acceptors (Lipinski definition) is 6. The van der Waals surface area contributed by atoms with Crippen LogP contribution >= 0.6 is 23.1 Å². The van der Waals surface area contributed by atoms with Gasteiger partial charge in [0.2, 0.25) is 5.91 Å². The number of nitrogen functional groups attached to an aromatic ring is 1. The van der Waals surface area contributed by atoms with Crippen molar-refractivity contribution in [1.29, 1.82) is 0 Å². The van der Waals surface area contributed by atoms with Crippen LogP contribution in [0.1, 0.15) is 12.8 Å². The molecular weight excluding hydrogens is 294 g/mol. The lowest BCUT2D eigenvalue weighted by atomic mass is 10.3. The Morgan fingerprint density at radius 2 is 2.15 bits per heavy atom. The highest BCUT2D eigenvalue weighted by molar-refractivity contribution is 8.01. The number of hydrogen-bond donors (Lipinski definition) is 2. The average molecular weight is 311 g/mol. The molecule has 5 nitrogen and oxygen atoms in total. The van der Waals surface area contributed by atoms with Crippen molar-refractivity contribution in [1.82, 2.24) is 4.98 Å². The van der Waals surface area contributed by atoms with Gasteiger partial charge in [0.1, 0.15) is 0 Å². The molecule has 1 amide bonds. The van der Waals surface area contributed by atoms with Gasteiger partial charge < -0.3 is 16.2 Å². The molecule has 0 atom stereocenters. The SMILES string of the molecule is C1CCOC1.NC(=O)CSc1nc2ccc(N)cc2s1. The molecule has 0 spiro atoms. The molecule has 0 unspecified atom stereocenters. The van der Waals surface area contributed by atoms with Gasteiger partial charge in [-0.2, -0.15) is 0 Å². The number of thiazole rings is 1. The van der Waals surface area contributed by atoms with Crippen LogP contribution in [0.3, 0.4) is 0 Å². The minimum absolute atomic E-state index is 0.259. The molecule has 7 heteroatoms. The van der Waals surface area contributed by atoms with Gasteiger partial charge >= 0.3 is 0 Å². The summed E-state index contributed by atoms with van der Waals surface area (Å²) in [4.78, 5) is 14.9. The Morgan fingerprint density at radius 3 is 2.75 bits per heavy atom. The predicted octanol–water partition coefficient (Wildman–Crippen LogP) is 2.25. The highest BCUT2D eigenvalue weighted by Crippen LogP contribution is 2.30. The van der Waals surface area contributed by atoms with E-state index in [0.717, 1.165) is 33.5 Å². The first kappa shape index (κ1) is 15.1. The van der Waals surface area contributed by atoms with Crippen LogP contribution in [0, 0.1) is 0 Å². The van der Waals surface area contributed by atoms with Gasteiger partial charge in [0.05, 0.1) is 16.0 Å². The molecule has 2 heterocycles. The van der Waals surface area contributed by atoms with E-state index in [-0.39, 0.29) is 11.7 Å². The number of anilines is 1. The molecule has 1 aliphatic heterocycles. The van der Waals surface area contributed by atoms with Crippen molar-refractivity contribution in [3.8, 4) is 0 Å². The Bertz CT molecular complexity index is 574. The summed E-state index contributed by atoms with van der Waals surface area (Å²) in [5.74, 6) is -0.0752. The van der Waals surface area contributed by atoms with Crippen LogP contribution in [0.4, 0.5) is 5.69 Å². The first-order valence-electron chi connectivity index (χ1n) is 6.30. The number of nitrogens with two attached hydrogens (primary N) is 2. The second kappa shape index (κ2) is 7.47. The van der Waals surface area contributed by atoms with E-state index in [1.807, 2.05) is 18.2 Å². The van der Waals surface area contributed by atoms with Gasteiger partial charge in [-0.15, -0.1) is 11.3 Å². The van der Waals surface area contributed by atoms with Crippen LogP contribution < -0.4 is 11.5 Å². The van der Waals surface area contributed by atoms with Gasteiger partial charge in [-0.05, 0) is 31.0 Å². The van der Waals surface area contributed by atoms with E-state index in [1.54, 1.807) is 0 Å². The zero-order chi connectivity index (χ0) is 14.4. The zero-order valence-electron chi connectivity index (χ0n) is 11.0. The number of fused-ring (bicyclic) bond motifs is 1. The smallest absolute Gasteiger partial charge is 0.227 e. The standard InChI is InChI=1S/C9H9N3OS2.C4H8O/c10-5-1-2-6-7(3-5)15-9(12-6)14-4-8(11)13;1-2-4-5-3-1/h1-3H,4,10H2,(H2,11,13);1-4H2. The number of ether oxygens (including phenoxy) is 1. The lowest BCUT2D eigenvalue weighted by Crippen LogP contribution is -2.12. The monoisotopic (exact) mass is 311 g/mol. The van der Waals surface area contributed by atoms with E-state index in [4.69, 9.17) is 16.2 Å². The summed E-state index contributed by atoms with van der Waals surface area (Å²) in [6, 6.07) is 5.56. The maximum absolute atomic E-state index is 10.6. The number of carbonyl (C=O) groups is 1. The quantitative estimate of drug-likeness (QED) is 0.670. The van der Waals surface area contributed by atoms with Gasteiger partial charge in [0.25, 0.3) is 0 Å². The van der Waals surface area contributed by atoms with Crippen LogP contribution in [0.5, 0.6) is 0 Å². The topological polar surface area (TPSA) is 91.2 Å². The summed E-state index contributed by atoms with van der Waals surface area (Å²) >= 11 is 2.87. The number of amides is 1. The number of rotatable bonds is 3. The number of primary amides is 1. The van der Waals surface area contributed by atoms with Gasteiger partial charge in [0.15, 0.2) is 4.34 Å². The third-order valence-electron chi connectivity index (χ3n) is 2.56. The van der Waals surface area contributed by atoms with Crippen molar-refractivity contribution in [2.45, 2.75) is 17.2 Å². The van der Waals surface area contributed by atoms with Crippen LogP contribution in [-0.4, -0.2) is 29.9 Å². The molecule has 0 aliphatic carbocycles. The van der Waals surface area contributed by atoms with Gasteiger partial charge in [-0.1, -0.05) is 11.8 Å². The molecule has 1 fully saturated rings. The minimum atomic E-state index is -0.334. The summed E-state index contributed by atoms with van der Waals surface area (Å²) in [7, 11) is 0. The molecule has 0 bridgehead atoms. The van der Waals surface area contributed by atoms with Gasteiger partial charge in [-0.25, -0.2) is 4.98 Å². The molecule has 1 aromatic carbocycles. The molecule has 1 aliphatic rings. The summed E-state index contributed by atoms with van der Waals surface area (Å²) in [6.07, 6.45) is 2.56. The maximum atomic E-state index is 10.6. The van der Waals surface area contributed by atoms with E-state index in [0.29, 0.717) is 0 Å². The molecule has 1 aromatic heterocycles. The Kier molecular flexibility index (Phi) is 5.63. The summed E-state index contributed by atoms with van der Waals surface area (Å²) in [5.41, 5.74) is 12.3. The van der Waals surface area contributed by atoms with Gasteiger partial charge in [-0.3, -0.25) is 4.79 Å². The molecular formula is C13H17N3O2S2. The van der Waals surface area contributed by atoms with E-state index >= 15 is 0 Å². The van der Waals surface area contributed by atoms with E-state index in [1.165, 1.54) is 35.9 Å². The Labute approximate surface area is 125 Å². The van der Waals surface area contributed by atoms with Crippen molar-refractivity contribution in [2.24, 2.45) is 5.73 Å².